The maximum absolute atomic E-state index is 12.3. The molecule has 0 aliphatic heterocycles. The molecule has 8 nitrogen and oxygen atoms in total. The SMILES string of the molecule is CCC(CC)NC(=O)C(=N)/C=C(\N)c1cccc(-c2ncc(C(=O)NC(C)C(C)C)o2)c1. The first kappa shape index (κ1) is 24.8. The van der Waals surface area contributed by atoms with E-state index in [9.17, 15) is 9.59 Å². The van der Waals surface area contributed by atoms with Gasteiger partial charge >= 0.3 is 0 Å². The van der Waals surface area contributed by atoms with Crippen LogP contribution in [-0.4, -0.2) is 34.6 Å². The Morgan fingerprint density at radius 1 is 1.19 bits per heavy atom. The number of nitrogens with two attached hydrogens (primary N) is 1. The second-order valence-electron chi connectivity index (χ2n) is 8.12. The highest BCUT2D eigenvalue weighted by Crippen LogP contribution is 2.22. The molecule has 2 amide bonds. The minimum absolute atomic E-state index is 0.00163. The predicted octanol–water partition coefficient (Wildman–Crippen LogP) is 3.74. The molecule has 1 atom stereocenters. The van der Waals surface area contributed by atoms with Crippen molar-refractivity contribution in [2.75, 3.05) is 0 Å². The highest BCUT2D eigenvalue weighted by Gasteiger charge is 2.18. The summed E-state index contributed by atoms with van der Waals surface area (Å²) >= 11 is 0. The molecule has 1 aromatic carbocycles. The zero-order chi connectivity index (χ0) is 23.8. The van der Waals surface area contributed by atoms with Crippen LogP contribution >= 0.6 is 0 Å². The average Bonchev–Trinajstić information content (AvgIpc) is 3.27. The van der Waals surface area contributed by atoms with Crippen molar-refractivity contribution in [3.05, 3.63) is 47.9 Å². The summed E-state index contributed by atoms with van der Waals surface area (Å²) < 4.78 is 5.64. The number of aromatic nitrogens is 1. The number of rotatable bonds is 10. The molecule has 32 heavy (non-hydrogen) atoms. The molecule has 0 saturated carbocycles. The Kier molecular flexibility index (Phi) is 8.75. The van der Waals surface area contributed by atoms with Crippen LogP contribution in [0.25, 0.3) is 17.2 Å². The van der Waals surface area contributed by atoms with Crippen molar-refractivity contribution in [1.29, 1.82) is 5.41 Å². The second-order valence-corrected chi connectivity index (χ2v) is 8.12. The van der Waals surface area contributed by atoms with Crippen LogP contribution in [0.4, 0.5) is 0 Å². The summed E-state index contributed by atoms with van der Waals surface area (Å²) in [5.41, 5.74) is 7.43. The van der Waals surface area contributed by atoms with Crippen molar-refractivity contribution >= 4 is 23.2 Å². The van der Waals surface area contributed by atoms with Gasteiger partial charge in [-0.1, -0.05) is 39.8 Å². The van der Waals surface area contributed by atoms with E-state index in [0.29, 0.717) is 17.0 Å². The van der Waals surface area contributed by atoms with E-state index in [1.807, 2.05) is 34.6 Å². The molecule has 0 radical (unpaired) electrons. The number of hydrogen-bond acceptors (Lipinski definition) is 6. The van der Waals surface area contributed by atoms with E-state index in [4.69, 9.17) is 15.6 Å². The minimum atomic E-state index is -0.461. The third-order valence-electron chi connectivity index (χ3n) is 5.40. The fourth-order valence-electron chi connectivity index (χ4n) is 2.85. The van der Waals surface area contributed by atoms with Gasteiger partial charge in [0.25, 0.3) is 11.8 Å². The molecule has 1 heterocycles. The lowest BCUT2D eigenvalue weighted by Gasteiger charge is -2.16. The Morgan fingerprint density at radius 2 is 1.88 bits per heavy atom. The maximum Gasteiger partial charge on any atom is 0.288 e. The number of benzene rings is 1. The number of carbonyl (C=O) groups is 2. The van der Waals surface area contributed by atoms with Crippen molar-refractivity contribution in [2.45, 2.75) is 59.5 Å². The van der Waals surface area contributed by atoms with Gasteiger partial charge in [-0.2, -0.15) is 0 Å². The van der Waals surface area contributed by atoms with Gasteiger partial charge in [0.05, 0.1) is 6.20 Å². The topological polar surface area (TPSA) is 134 Å². The normalized spacial score (nSPS) is 12.7. The van der Waals surface area contributed by atoms with E-state index in [0.717, 1.165) is 12.8 Å². The molecule has 5 N–H and O–H groups in total. The highest BCUT2D eigenvalue weighted by atomic mass is 16.4. The molecule has 1 unspecified atom stereocenters. The quantitative estimate of drug-likeness (QED) is 0.418. The van der Waals surface area contributed by atoms with Crippen LogP contribution < -0.4 is 16.4 Å². The number of amides is 2. The van der Waals surface area contributed by atoms with Crippen LogP contribution in [0.15, 0.2) is 41.0 Å². The third-order valence-corrected chi connectivity index (χ3v) is 5.40. The molecule has 0 fully saturated rings. The van der Waals surface area contributed by atoms with Crippen molar-refractivity contribution in [1.82, 2.24) is 15.6 Å². The molecular formula is C24H33N5O3. The molecule has 1 aromatic heterocycles. The first-order valence-electron chi connectivity index (χ1n) is 10.9. The van der Waals surface area contributed by atoms with E-state index < -0.39 is 5.91 Å². The molecule has 8 heteroatoms. The fraction of sp³-hybridized carbons (Fsp3) is 0.417. The zero-order valence-electron chi connectivity index (χ0n) is 19.4. The number of nitrogens with one attached hydrogen (secondary N) is 3. The van der Waals surface area contributed by atoms with Gasteiger partial charge in [0.1, 0.15) is 5.71 Å². The summed E-state index contributed by atoms with van der Waals surface area (Å²) in [7, 11) is 0. The predicted molar refractivity (Wildman–Crippen MR) is 126 cm³/mol. The van der Waals surface area contributed by atoms with E-state index in [1.54, 1.807) is 24.3 Å². The lowest BCUT2D eigenvalue weighted by molar-refractivity contribution is -0.115. The van der Waals surface area contributed by atoms with E-state index in [2.05, 4.69) is 15.6 Å². The van der Waals surface area contributed by atoms with Crippen molar-refractivity contribution in [3.8, 4) is 11.5 Å². The summed E-state index contributed by atoms with van der Waals surface area (Å²) in [6.45, 7) is 9.94. The van der Waals surface area contributed by atoms with Crippen LogP contribution in [0.3, 0.4) is 0 Å². The van der Waals surface area contributed by atoms with Crippen LogP contribution in [0.1, 0.15) is 63.6 Å². The molecule has 0 bridgehead atoms. The smallest absolute Gasteiger partial charge is 0.288 e. The number of oxazole rings is 1. The summed E-state index contributed by atoms with van der Waals surface area (Å²) in [5.74, 6) is -0.0810. The van der Waals surface area contributed by atoms with Gasteiger partial charge in [0.2, 0.25) is 11.7 Å². The van der Waals surface area contributed by atoms with Crippen molar-refractivity contribution in [2.24, 2.45) is 11.7 Å². The summed E-state index contributed by atoms with van der Waals surface area (Å²) in [6, 6.07) is 7.09. The lowest BCUT2D eigenvalue weighted by atomic mass is 10.1. The van der Waals surface area contributed by atoms with E-state index in [-0.39, 0.29) is 41.1 Å². The Hall–Kier alpha value is -3.42. The van der Waals surface area contributed by atoms with E-state index in [1.165, 1.54) is 12.3 Å². The monoisotopic (exact) mass is 439 g/mol. The zero-order valence-corrected chi connectivity index (χ0v) is 19.4. The van der Waals surface area contributed by atoms with Gasteiger partial charge in [-0.05, 0) is 49.5 Å². The average molecular weight is 440 g/mol. The van der Waals surface area contributed by atoms with Crippen LogP contribution in [-0.2, 0) is 4.79 Å². The van der Waals surface area contributed by atoms with Gasteiger partial charge in [-0.15, -0.1) is 0 Å². The first-order valence-corrected chi connectivity index (χ1v) is 10.9. The summed E-state index contributed by atoms with van der Waals surface area (Å²) in [4.78, 5) is 28.8. The Labute approximate surface area is 189 Å². The fourth-order valence-corrected chi connectivity index (χ4v) is 2.85. The second kappa shape index (κ2) is 11.3. The lowest BCUT2D eigenvalue weighted by Crippen LogP contribution is -2.37. The van der Waals surface area contributed by atoms with Crippen LogP contribution in [0.5, 0.6) is 0 Å². The van der Waals surface area contributed by atoms with Gasteiger partial charge in [0.15, 0.2) is 0 Å². The van der Waals surface area contributed by atoms with Crippen molar-refractivity contribution < 1.29 is 14.0 Å². The van der Waals surface area contributed by atoms with Gasteiger partial charge in [0, 0.05) is 23.3 Å². The van der Waals surface area contributed by atoms with Gasteiger partial charge < -0.3 is 20.8 Å². The molecule has 2 rings (SSSR count). The molecule has 0 aliphatic rings. The highest BCUT2D eigenvalue weighted by molar-refractivity contribution is 6.43. The standard InChI is InChI=1S/C24H33N5O3/c1-6-18(7-2)29-22(30)20(26)12-19(25)16-9-8-10-17(11-16)24-27-13-21(32-24)23(31)28-15(5)14(3)4/h8-15,18,26H,6-7,25H2,1-5H3,(H,28,31)(H,29,30)/b19-12-,26-20?. The van der Waals surface area contributed by atoms with E-state index >= 15 is 0 Å². The largest absolute Gasteiger partial charge is 0.431 e. The molecule has 0 aliphatic carbocycles. The Morgan fingerprint density at radius 3 is 2.50 bits per heavy atom. The number of carbonyl (C=O) groups excluding carboxylic acids is 2. The minimum Gasteiger partial charge on any atom is -0.431 e. The summed E-state index contributed by atoms with van der Waals surface area (Å²) in [6.07, 6.45) is 4.31. The number of nitrogens with zero attached hydrogens (tertiary/aromatic N) is 1. The Bertz CT molecular complexity index is 989. The van der Waals surface area contributed by atoms with Gasteiger partial charge in [-0.3, -0.25) is 15.0 Å². The van der Waals surface area contributed by atoms with Gasteiger partial charge in [-0.25, -0.2) is 4.98 Å². The molecule has 0 spiro atoms. The van der Waals surface area contributed by atoms with Crippen LogP contribution in [0, 0.1) is 11.3 Å². The Balaban J connectivity index is 2.16. The maximum atomic E-state index is 12.3. The molecule has 0 saturated heterocycles. The molecule has 2 aromatic rings. The first-order chi connectivity index (χ1) is 15.2. The third kappa shape index (κ3) is 6.54. The molecular weight excluding hydrogens is 406 g/mol. The molecule has 172 valence electrons. The van der Waals surface area contributed by atoms with Crippen LogP contribution in [0.2, 0.25) is 0 Å². The summed E-state index contributed by atoms with van der Waals surface area (Å²) in [5, 5.41) is 13.7. The number of hydrogen-bond donors (Lipinski definition) is 4. The van der Waals surface area contributed by atoms with Crippen molar-refractivity contribution in [3.63, 3.8) is 0 Å².